The number of likely N-dealkylation sites (N-methyl/N-ethyl adjacent to an activating group) is 1. The highest BCUT2D eigenvalue weighted by molar-refractivity contribution is 7.89. The van der Waals surface area contributed by atoms with Crippen molar-refractivity contribution in [3.8, 4) is 0 Å². The minimum Gasteiger partial charge on any atom is -0.390 e. The number of aliphatic hydroxyl groups excluding tert-OH is 1. The first-order valence-electron chi connectivity index (χ1n) is 6.99. The fourth-order valence-corrected chi connectivity index (χ4v) is 4.51. The predicted molar refractivity (Wildman–Crippen MR) is 76.1 cm³/mol. The molecule has 5 nitrogen and oxygen atoms in total. The minimum absolute atomic E-state index is 0.333. The molecule has 1 aromatic rings. The Hall–Kier alpha value is -0.950. The maximum atomic E-state index is 12.7. The molecule has 0 saturated carbocycles. The molecule has 2 atom stereocenters. The second kappa shape index (κ2) is 5.11. The average Bonchev–Trinajstić information content (AvgIpc) is 3.05. The van der Waals surface area contributed by atoms with Crippen molar-refractivity contribution < 1.29 is 13.5 Å². The molecule has 2 N–H and O–H groups in total. The summed E-state index contributed by atoms with van der Waals surface area (Å²) in [4.78, 5) is 0.333. The molecular weight excluding hydrogens is 276 g/mol. The fraction of sp³-hybridized carbons (Fsp3) is 0.571. The van der Waals surface area contributed by atoms with Crippen molar-refractivity contribution in [3.63, 3.8) is 0 Å². The standard InChI is InChI=1S/C14H20N2O3S/c1-16(13-8-15-9-14(13)17)20(18,19)12-6-5-10-3-2-4-11(10)7-12/h5-7,13-15,17H,2-4,8-9H2,1H3/t13-,14-/m1/s1. The maximum absolute atomic E-state index is 12.7. The van der Waals surface area contributed by atoms with Gasteiger partial charge < -0.3 is 10.4 Å². The summed E-state index contributed by atoms with van der Waals surface area (Å²) in [5.41, 5.74) is 2.40. The molecule has 0 unspecified atom stereocenters. The first-order valence-corrected chi connectivity index (χ1v) is 8.43. The molecule has 2 aliphatic rings. The number of β-amino-alcohol motifs (C(OH)–C–C–N with tert-alkyl or cyclic N) is 1. The van der Waals surface area contributed by atoms with E-state index in [0.29, 0.717) is 18.0 Å². The van der Waals surface area contributed by atoms with E-state index in [2.05, 4.69) is 5.32 Å². The number of benzene rings is 1. The van der Waals surface area contributed by atoms with Crippen LogP contribution in [0.25, 0.3) is 0 Å². The molecule has 20 heavy (non-hydrogen) atoms. The van der Waals surface area contributed by atoms with E-state index in [0.717, 1.165) is 24.8 Å². The SMILES string of the molecule is CN([C@@H]1CNC[C@H]1O)S(=O)(=O)c1ccc2c(c1)CCC2. The van der Waals surface area contributed by atoms with Gasteiger partial charge in [0.1, 0.15) is 0 Å². The highest BCUT2D eigenvalue weighted by Gasteiger charge is 2.35. The number of sulfonamides is 1. The monoisotopic (exact) mass is 296 g/mol. The van der Waals surface area contributed by atoms with E-state index in [4.69, 9.17) is 0 Å². The molecule has 1 aliphatic heterocycles. The average molecular weight is 296 g/mol. The van der Waals surface area contributed by atoms with Gasteiger partial charge in [0, 0.05) is 20.1 Å². The molecule has 1 fully saturated rings. The summed E-state index contributed by atoms with van der Waals surface area (Å²) in [5.74, 6) is 0. The number of nitrogens with one attached hydrogen (secondary N) is 1. The Bertz CT molecular complexity index is 615. The molecule has 1 aliphatic carbocycles. The van der Waals surface area contributed by atoms with Gasteiger partial charge in [0.25, 0.3) is 0 Å². The number of rotatable bonds is 3. The van der Waals surface area contributed by atoms with E-state index in [-0.39, 0.29) is 0 Å². The molecular formula is C14H20N2O3S. The van der Waals surface area contributed by atoms with Crippen molar-refractivity contribution in [2.75, 3.05) is 20.1 Å². The number of hydrogen-bond donors (Lipinski definition) is 2. The Balaban J connectivity index is 1.91. The van der Waals surface area contributed by atoms with Crippen molar-refractivity contribution in [2.45, 2.75) is 36.3 Å². The van der Waals surface area contributed by atoms with E-state index in [1.54, 1.807) is 19.2 Å². The third-order valence-corrected chi connectivity index (χ3v) is 6.24. The molecule has 0 bridgehead atoms. The Morgan fingerprint density at radius 2 is 2.00 bits per heavy atom. The summed E-state index contributed by atoms with van der Waals surface area (Å²) in [7, 11) is -2.00. The Labute approximate surface area is 119 Å². The molecule has 0 amide bonds. The Morgan fingerprint density at radius 1 is 1.25 bits per heavy atom. The van der Waals surface area contributed by atoms with E-state index in [9.17, 15) is 13.5 Å². The highest BCUT2D eigenvalue weighted by Crippen LogP contribution is 2.27. The van der Waals surface area contributed by atoms with Crippen LogP contribution in [-0.2, 0) is 22.9 Å². The van der Waals surface area contributed by atoms with Crippen LogP contribution in [0.3, 0.4) is 0 Å². The van der Waals surface area contributed by atoms with Gasteiger partial charge in [-0.3, -0.25) is 0 Å². The Morgan fingerprint density at radius 3 is 2.70 bits per heavy atom. The van der Waals surface area contributed by atoms with Crippen LogP contribution in [0.2, 0.25) is 0 Å². The van der Waals surface area contributed by atoms with Crippen molar-refractivity contribution in [2.24, 2.45) is 0 Å². The molecule has 1 aromatic carbocycles. The van der Waals surface area contributed by atoms with Crippen molar-refractivity contribution >= 4 is 10.0 Å². The number of fused-ring (bicyclic) bond motifs is 1. The van der Waals surface area contributed by atoms with E-state index in [1.165, 1.54) is 9.87 Å². The van der Waals surface area contributed by atoms with Crippen LogP contribution in [0, 0.1) is 0 Å². The summed E-state index contributed by atoms with van der Waals surface area (Å²) < 4.78 is 26.6. The summed E-state index contributed by atoms with van der Waals surface area (Å²) >= 11 is 0. The number of hydrogen-bond acceptors (Lipinski definition) is 4. The smallest absolute Gasteiger partial charge is 0.243 e. The lowest BCUT2D eigenvalue weighted by molar-refractivity contribution is 0.136. The lowest BCUT2D eigenvalue weighted by Crippen LogP contribution is -2.44. The van der Waals surface area contributed by atoms with Gasteiger partial charge in [-0.1, -0.05) is 6.07 Å². The van der Waals surface area contributed by atoms with Crippen LogP contribution in [0.4, 0.5) is 0 Å². The fourth-order valence-electron chi connectivity index (χ4n) is 3.08. The molecule has 3 rings (SSSR count). The molecule has 0 radical (unpaired) electrons. The first-order chi connectivity index (χ1) is 9.50. The van der Waals surface area contributed by atoms with Crippen LogP contribution in [0.15, 0.2) is 23.1 Å². The molecule has 1 saturated heterocycles. The normalized spacial score (nSPS) is 26.1. The quantitative estimate of drug-likeness (QED) is 0.832. The zero-order chi connectivity index (χ0) is 14.3. The third-order valence-electron chi connectivity index (χ3n) is 4.37. The zero-order valence-corrected chi connectivity index (χ0v) is 12.4. The second-order valence-corrected chi connectivity index (χ2v) is 7.60. The topological polar surface area (TPSA) is 69.6 Å². The van der Waals surface area contributed by atoms with E-state index in [1.807, 2.05) is 6.07 Å². The number of nitrogens with zero attached hydrogens (tertiary/aromatic N) is 1. The summed E-state index contributed by atoms with van der Waals surface area (Å²) in [6, 6.07) is 5.01. The van der Waals surface area contributed by atoms with Crippen LogP contribution < -0.4 is 5.32 Å². The Kier molecular flexibility index (Phi) is 3.58. The van der Waals surface area contributed by atoms with Crippen LogP contribution in [0.5, 0.6) is 0 Å². The van der Waals surface area contributed by atoms with E-state index < -0.39 is 22.2 Å². The number of aryl methyl sites for hydroxylation is 2. The van der Waals surface area contributed by atoms with Gasteiger partial charge >= 0.3 is 0 Å². The minimum atomic E-state index is -3.54. The van der Waals surface area contributed by atoms with Gasteiger partial charge in [-0.2, -0.15) is 4.31 Å². The van der Waals surface area contributed by atoms with Gasteiger partial charge in [-0.15, -0.1) is 0 Å². The van der Waals surface area contributed by atoms with Gasteiger partial charge in [-0.25, -0.2) is 8.42 Å². The van der Waals surface area contributed by atoms with Crippen LogP contribution in [0.1, 0.15) is 17.5 Å². The molecule has 6 heteroatoms. The first kappa shape index (κ1) is 14.0. The van der Waals surface area contributed by atoms with Gasteiger partial charge in [-0.05, 0) is 42.5 Å². The summed E-state index contributed by atoms with van der Waals surface area (Å²) in [6.07, 6.45) is 2.44. The van der Waals surface area contributed by atoms with Gasteiger partial charge in [0.15, 0.2) is 0 Å². The summed E-state index contributed by atoms with van der Waals surface area (Å²) in [6.45, 7) is 0.927. The third kappa shape index (κ3) is 2.26. The lowest BCUT2D eigenvalue weighted by atomic mass is 10.1. The molecule has 1 heterocycles. The van der Waals surface area contributed by atoms with Crippen molar-refractivity contribution in [1.82, 2.24) is 9.62 Å². The van der Waals surface area contributed by atoms with Crippen molar-refractivity contribution in [1.29, 1.82) is 0 Å². The summed E-state index contributed by atoms with van der Waals surface area (Å²) in [5, 5.41) is 12.9. The van der Waals surface area contributed by atoms with Crippen molar-refractivity contribution in [3.05, 3.63) is 29.3 Å². The molecule has 0 aromatic heterocycles. The largest absolute Gasteiger partial charge is 0.390 e. The zero-order valence-electron chi connectivity index (χ0n) is 11.5. The van der Waals surface area contributed by atoms with E-state index >= 15 is 0 Å². The molecule has 110 valence electrons. The number of aliphatic hydroxyl groups is 1. The highest BCUT2D eigenvalue weighted by atomic mass is 32.2. The van der Waals surface area contributed by atoms with Crippen LogP contribution >= 0.6 is 0 Å². The van der Waals surface area contributed by atoms with Crippen LogP contribution in [-0.4, -0.2) is 50.1 Å². The van der Waals surface area contributed by atoms with Gasteiger partial charge in [0.05, 0.1) is 17.0 Å². The second-order valence-electron chi connectivity index (χ2n) is 5.60. The predicted octanol–water partition coefficient (Wildman–Crippen LogP) is 0.129. The lowest BCUT2D eigenvalue weighted by Gasteiger charge is -2.25. The van der Waals surface area contributed by atoms with Gasteiger partial charge in [0.2, 0.25) is 10.0 Å². The maximum Gasteiger partial charge on any atom is 0.243 e. The molecule has 0 spiro atoms.